The number of benzene rings is 1. The van der Waals surface area contributed by atoms with Crippen LogP contribution in [0.25, 0.3) is 0 Å². The van der Waals surface area contributed by atoms with Crippen LogP contribution in [0.2, 0.25) is 0 Å². The molecule has 6 heteroatoms. The average molecular weight is 322 g/mol. The van der Waals surface area contributed by atoms with Crippen molar-refractivity contribution < 1.29 is 17.9 Å². The first-order chi connectivity index (χ1) is 9.91. The number of halogens is 4. The van der Waals surface area contributed by atoms with Gasteiger partial charge in [0.1, 0.15) is 0 Å². The van der Waals surface area contributed by atoms with E-state index >= 15 is 0 Å². The third-order valence-corrected chi connectivity index (χ3v) is 3.86. The molecule has 1 aromatic carbocycles. The largest absolute Gasteiger partial charge is 0.418 e. The highest BCUT2D eigenvalue weighted by atomic mass is 35.5. The first-order valence-corrected chi connectivity index (χ1v) is 7.50. The fraction of sp³-hybridized carbons (Fsp3) is 0.600. The van der Waals surface area contributed by atoms with E-state index in [2.05, 4.69) is 0 Å². The van der Waals surface area contributed by atoms with Crippen LogP contribution >= 0.6 is 11.6 Å². The lowest BCUT2D eigenvalue weighted by atomic mass is 10.1. The molecule has 2 nitrogen and oxygen atoms in total. The predicted octanol–water partition coefficient (Wildman–Crippen LogP) is 4.31. The van der Waals surface area contributed by atoms with Crippen LogP contribution in [0.5, 0.6) is 0 Å². The van der Waals surface area contributed by atoms with E-state index in [4.69, 9.17) is 16.3 Å². The molecule has 2 rings (SSSR count). The molecule has 0 heterocycles. The SMILES string of the molecule is CN(CCOCC1CC1)c1ccc(CCl)cc1C(F)(F)F. The van der Waals surface area contributed by atoms with Crippen molar-refractivity contribution in [3.8, 4) is 0 Å². The summed E-state index contributed by atoms with van der Waals surface area (Å²) in [5.74, 6) is 0.724. The molecule has 0 spiro atoms. The summed E-state index contributed by atoms with van der Waals surface area (Å²) in [4.78, 5) is 1.58. The number of likely N-dealkylation sites (N-methyl/N-ethyl adjacent to an activating group) is 1. The fourth-order valence-corrected chi connectivity index (χ4v) is 2.25. The van der Waals surface area contributed by atoms with Crippen molar-refractivity contribution in [1.82, 2.24) is 0 Å². The lowest BCUT2D eigenvalue weighted by Crippen LogP contribution is -2.25. The van der Waals surface area contributed by atoms with E-state index < -0.39 is 11.7 Å². The van der Waals surface area contributed by atoms with Gasteiger partial charge in [0.05, 0.1) is 12.2 Å². The molecule has 1 fully saturated rings. The Labute approximate surface area is 127 Å². The first-order valence-electron chi connectivity index (χ1n) is 6.96. The van der Waals surface area contributed by atoms with Crippen molar-refractivity contribution in [2.24, 2.45) is 5.92 Å². The minimum atomic E-state index is -4.39. The molecule has 0 saturated heterocycles. The number of hydrogen-bond donors (Lipinski definition) is 0. The Bertz CT molecular complexity index is 474. The maximum absolute atomic E-state index is 13.1. The second kappa shape index (κ2) is 6.88. The molecule has 0 atom stereocenters. The predicted molar refractivity (Wildman–Crippen MR) is 77.8 cm³/mol. The Kier molecular flexibility index (Phi) is 5.38. The molecule has 0 N–H and O–H groups in total. The van der Waals surface area contributed by atoms with Crippen LogP contribution in [0.1, 0.15) is 24.0 Å². The van der Waals surface area contributed by atoms with Gasteiger partial charge in [-0.3, -0.25) is 0 Å². The number of alkyl halides is 4. The summed E-state index contributed by atoms with van der Waals surface area (Å²) in [6.07, 6.45) is -1.98. The van der Waals surface area contributed by atoms with Gasteiger partial charge in [0.2, 0.25) is 0 Å². The van der Waals surface area contributed by atoms with Crippen LogP contribution in [0.3, 0.4) is 0 Å². The number of nitrogens with zero attached hydrogens (tertiary/aromatic N) is 1. The molecule has 1 aromatic rings. The maximum Gasteiger partial charge on any atom is 0.418 e. The number of rotatable bonds is 7. The van der Waals surface area contributed by atoms with E-state index in [1.807, 2.05) is 0 Å². The van der Waals surface area contributed by atoms with Gasteiger partial charge in [-0.2, -0.15) is 13.2 Å². The summed E-state index contributed by atoms with van der Waals surface area (Å²) >= 11 is 5.62. The van der Waals surface area contributed by atoms with Crippen molar-refractivity contribution in [2.75, 3.05) is 31.7 Å². The van der Waals surface area contributed by atoms with Crippen LogP contribution in [0.4, 0.5) is 18.9 Å². The topological polar surface area (TPSA) is 12.5 Å². The third kappa shape index (κ3) is 4.78. The molecule has 0 aromatic heterocycles. The second-order valence-electron chi connectivity index (χ2n) is 5.42. The van der Waals surface area contributed by atoms with Crippen LogP contribution in [0.15, 0.2) is 18.2 Å². The maximum atomic E-state index is 13.1. The summed E-state index contributed by atoms with van der Waals surface area (Å²) in [5, 5.41) is 0. The summed E-state index contributed by atoms with van der Waals surface area (Å²) in [6.45, 7) is 1.57. The van der Waals surface area contributed by atoms with Gasteiger partial charge in [-0.1, -0.05) is 6.07 Å². The van der Waals surface area contributed by atoms with E-state index in [0.717, 1.165) is 6.07 Å². The fourth-order valence-electron chi connectivity index (χ4n) is 2.08. The Hall–Kier alpha value is -0.940. The van der Waals surface area contributed by atoms with Crippen LogP contribution < -0.4 is 4.90 Å². The summed E-state index contributed by atoms with van der Waals surface area (Å²) < 4.78 is 44.9. The van der Waals surface area contributed by atoms with Gasteiger partial charge < -0.3 is 9.64 Å². The Morgan fingerprint density at radius 2 is 2.05 bits per heavy atom. The lowest BCUT2D eigenvalue weighted by molar-refractivity contribution is -0.137. The van der Waals surface area contributed by atoms with Crippen molar-refractivity contribution in [1.29, 1.82) is 0 Å². The van der Waals surface area contributed by atoms with Gasteiger partial charge in [0.15, 0.2) is 0 Å². The smallest absolute Gasteiger partial charge is 0.379 e. The second-order valence-corrected chi connectivity index (χ2v) is 5.69. The van der Waals surface area contributed by atoms with Crippen molar-refractivity contribution >= 4 is 17.3 Å². The zero-order valence-electron chi connectivity index (χ0n) is 11.9. The Morgan fingerprint density at radius 3 is 2.62 bits per heavy atom. The number of anilines is 1. The van der Waals surface area contributed by atoms with Gasteiger partial charge in [0, 0.05) is 31.8 Å². The molecule has 118 valence electrons. The number of hydrogen-bond acceptors (Lipinski definition) is 2. The van der Waals surface area contributed by atoms with Crippen LogP contribution in [0, 0.1) is 5.92 Å². The molecule has 0 amide bonds. The molecule has 0 bridgehead atoms. The molecule has 1 aliphatic rings. The Morgan fingerprint density at radius 1 is 1.33 bits per heavy atom. The molecule has 0 radical (unpaired) electrons. The lowest BCUT2D eigenvalue weighted by Gasteiger charge is -2.24. The summed E-state index contributed by atoms with van der Waals surface area (Å²) in [6, 6.07) is 4.21. The highest BCUT2D eigenvalue weighted by Gasteiger charge is 2.34. The molecule has 0 unspecified atom stereocenters. The monoisotopic (exact) mass is 321 g/mol. The van der Waals surface area contributed by atoms with E-state index in [0.29, 0.717) is 31.2 Å². The normalized spacial score (nSPS) is 15.3. The third-order valence-electron chi connectivity index (χ3n) is 3.55. The number of ether oxygens (including phenoxy) is 1. The van der Waals surface area contributed by atoms with Gasteiger partial charge in [0.25, 0.3) is 0 Å². The van der Waals surface area contributed by atoms with E-state index in [9.17, 15) is 13.2 Å². The van der Waals surface area contributed by atoms with Gasteiger partial charge in [-0.15, -0.1) is 11.6 Å². The highest BCUT2D eigenvalue weighted by Crippen LogP contribution is 2.37. The molecule has 1 aliphatic carbocycles. The molecular formula is C15H19ClF3NO. The minimum absolute atomic E-state index is 0.0670. The van der Waals surface area contributed by atoms with Gasteiger partial charge in [-0.25, -0.2) is 0 Å². The van der Waals surface area contributed by atoms with Crippen molar-refractivity contribution in [2.45, 2.75) is 24.9 Å². The molecule has 21 heavy (non-hydrogen) atoms. The first kappa shape index (κ1) is 16.4. The quantitative estimate of drug-likeness (QED) is 0.548. The molecular weight excluding hydrogens is 303 g/mol. The standard InChI is InChI=1S/C15H19ClF3NO/c1-20(6-7-21-10-11-2-3-11)14-5-4-12(9-16)8-13(14)15(17,18)19/h4-5,8,11H,2-3,6-7,9-10H2,1H3. The Balaban J connectivity index is 2.01. The van der Waals surface area contributed by atoms with E-state index in [1.54, 1.807) is 18.0 Å². The van der Waals surface area contributed by atoms with Gasteiger partial charge in [-0.05, 0) is 36.5 Å². The minimum Gasteiger partial charge on any atom is -0.379 e. The zero-order valence-corrected chi connectivity index (χ0v) is 12.7. The summed E-state index contributed by atoms with van der Waals surface area (Å²) in [7, 11) is 1.64. The van der Waals surface area contributed by atoms with E-state index in [1.165, 1.54) is 18.9 Å². The van der Waals surface area contributed by atoms with Crippen molar-refractivity contribution in [3.05, 3.63) is 29.3 Å². The highest BCUT2D eigenvalue weighted by molar-refractivity contribution is 6.17. The summed E-state index contributed by atoms with van der Waals surface area (Å²) in [5.41, 5.74) is -0.0251. The van der Waals surface area contributed by atoms with Crippen molar-refractivity contribution in [3.63, 3.8) is 0 Å². The van der Waals surface area contributed by atoms with Gasteiger partial charge >= 0.3 is 6.18 Å². The van der Waals surface area contributed by atoms with Crippen LogP contribution in [-0.2, 0) is 16.8 Å². The molecule has 0 aliphatic heterocycles. The van der Waals surface area contributed by atoms with Crippen LogP contribution in [-0.4, -0.2) is 26.8 Å². The average Bonchev–Trinajstić information content (AvgIpc) is 3.26. The zero-order chi connectivity index (χ0) is 15.5. The molecule has 1 saturated carbocycles. The van der Waals surface area contributed by atoms with E-state index in [-0.39, 0.29) is 11.6 Å².